The van der Waals surface area contributed by atoms with Gasteiger partial charge in [0.1, 0.15) is 17.4 Å². The van der Waals surface area contributed by atoms with Crippen LogP contribution in [-0.2, 0) is 9.53 Å². The second-order valence-electron chi connectivity index (χ2n) is 7.94. The van der Waals surface area contributed by atoms with Gasteiger partial charge in [0.25, 0.3) is 11.6 Å². The van der Waals surface area contributed by atoms with Crippen molar-refractivity contribution in [2.45, 2.75) is 19.4 Å². The lowest BCUT2D eigenvalue weighted by Crippen LogP contribution is -2.31. The van der Waals surface area contributed by atoms with E-state index in [1.807, 2.05) is 31.2 Å². The molecular weight excluding hydrogens is 470 g/mol. The number of nitro benzene ring substituents is 1. The van der Waals surface area contributed by atoms with Crippen LogP contribution < -0.4 is 9.47 Å². The van der Waals surface area contributed by atoms with Gasteiger partial charge in [0.2, 0.25) is 0 Å². The molecule has 2 aromatic carbocycles. The molecule has 0 fully saturated rings. The predicted molar refractivity (Wildman–Crippen MR) is 127 cm³/mol. The molecule has 0 aliphatic carbocycles. The Bertz CT molecular complexity index is 1320. The number of carbonyl (C=O) groups is 2. The number of hydrazone groups is 1. The lowest BCUT2D eigenvalue weighted by Gasteiger charge is -2.19. The topological polar surface area (TPSA) is 134 Å². The summed E-state index contributed by atoms with van der Waals surface area (Å²) in [5.41, 5.74) is 1.69. The third-order valence-corrected chi connectivity index (χ3v) is 5.67. The number of aryl methyl sites for hydroxylation is 1. The molecule has 0 saturated heterocycles. The molecule has 0 saturated carbocycles. The number of rotatable bonds is 8. The van der Waals surface area contributed by atoms with E-state index >= 15 is 0 Å². The van der Waals surface area contributed by atoms with Crippen molar-refractivity contribution in [1.29, 1.82) is 0 Å². The van der Waals surface area contributed by atoms with Crippen molar-refractivity contribution in [3.05, 3.63) is 87.4 Å². The standard InChI is InChI=1S/C25H23N3O8/c1-15-6-8-16(9-7-15)18-12-20(21-5-4-10-35-21)27(26-18)24(29)14-36-25(30)17-11-22(33-2)23(34-3)13-19(17)28(31)32/h4-11,13,20H,12,14H2,1-3H3/t20-/m0/s1. The molecule has 1 amide bonds. The molecule has 4 rings (SSSR count). The summed E-state index contributed by atoms with van der Waals surface area (Å²) in [5.74, 6) is -0.974. The van der Waals surface area contributed by atoms with E-state index in [0.29, 0.717) is 17.9 Å². The summed E-state index contributed by atoms with van der Waals surface area (Å²) in [7, 11) is 2.64. The van der Waals surface area contributed by atoms with E-state index in [1.54, 1.807) is 12.1 Å². The van der Waals surface area contributed by atoms with Gasteiger partial charge in [0, 0.05) is 12.5 Å². The van der Waals surface area contributed by atoms with Crippen LogP contribution in [0.4, 0.5) is 5.69 Å². The van der Waals surface area contributed by atoms with Crippen LogP contribution in [0, 0.1) is 17.0 Å². The monoisotopic (exact) mass is 493 g/mol. The van der Waals surface area contributed by atoms with Crippen molar-refractivity contribution < 1.29 is 33.1 Å². The van der Waals surface area contributed by atoms with Crippen LogP contribution in [0.1, 0.15) is 39.7 Å². The Morgan fingerprint density at radius 2 is 1.83 bits per heavy atom. The largest absolute Gasteiger partial charge is 0.493 e. The van der Waals surface area contributed by atoms with Gasteiger partial charge in [-0.1, -0.05) is 29.8 Å². The van der Waals surface area contributed by atoms with Gasteiger partial charge in [0.05, 0.1) is 37.2 Å². The molecule has 11 heteroatoms. The lowest BCUT2D eigenvalue weighted by molar-refractivity contribution is -0.385. The number of carbonyl (C=O) groups excluding carboxylic acids is 2. The average Bonchev–Trinajstić information content (AvgIpc) is 3.57. The van der Waals surface area contributed by atoms with Gasteiger partial charge in [-0.25, -0.2) is 9.80 Å². The van der Waals surface area contributed by atoms with Crippen molar-refractivity contribution in [2.24, 2.45) is 5.10 Å². The zero-order valence-electron chi connectivity index (χ0n) is 19.8. The molecule has 11 nitrogen and oxygen atoms in total. The fourth-order valence-corrected chi connectivity index (χ4v) is 3.82. The number of ether oxygens (including phenoxy) is 3. The number of nitrogens with zero attached hydrogens (tertiary/aromatic N) is 3. The predicted octanol–water partition coefficient (Wildman–Crippen LogP) is 4.05. The number of nitro groups is 1. The molecule has 186 valence electrons. The molecule has 0 bridgehead atoms. The third-order valence-electron chi connectivity index (χ3n) is 5.67. The van der Waals surface area contributed by atoms with Crippen molar-refractivity contribution >= 4 is 23.3 Å². The van der Waals surface area contributed by atoms with Crippen LogP contribution >= 0.6 is 0 Å². The Labute approximate surface area is 206 Å². The summed E-state index contributed by atoms with van der Waals surface area (Å²) in [6.07, 6.45) is 1.90. The first-order valence-corrected chi connectivity index (χ1v) is 10.9. The second-order valence-corrected chi connectivity index (χ2v) is 7.94. The summed E-state index contributed by atoms with van der Waals surface area (Å²) in [6.45, 7) is 1.28. The maximum atomic E-state index is 13.1. The van der Waals surface area contributed by atoms with Crippen LogP contribution in [0.2, 0.25) is 0 Å². The Hall–Kier alpha value is -4.67. The molecule has 1 aliphatic rings. The highest BCUT2D eigenvalue weighted by Gasteiger charge is 2.35. The summed E-state index contributed by atoms with van der Waals surface area (Å²) < 4.78 is 20.9. The van der Waals surface area contributed by atoms with Gasteiger partial charge in [-0.15, -0.1) is 0 Å². The van der Waals surface area contributed by atoms with Crippen LogP contribution in [0.3, 0.4) is 0 Å². The van der Waals surface area contributed by atoms with Crippen LogP contribution in [0.15, 0.2) is 64.3 Å². The molecule has 1 aliphatic heterocycles. The first-order chi connectivity index (χ1) is 17.3. The van der Waals surface area contributed by atoms with Crippen LogP contribution in [-0.4, -0.2) is 48.3 Å². The second kappa shape index (κ2) is 10.3. The normalized spacial score (nSPS) is 14.8. The van der Waals surface area contributed by atoms with Crippen molar-refractivity contribution in [3.63, 3.8) is 0 Å². The van der Waals surface area contributed by atoms with Crippen LogP contribution in [0.5, 0.6) is 11.5 Å². The van der Waals surface area contributed by atoms with E-state index in [0.717, 1.165) is 23.3 Å². The van der Waals surface area contributed by atoms with Gasteiger partial charge in [-0.3, -0.25) is 14.9 Å². The van der Waals surface area contributed by atoms with E-state index < -0.39 is 35.1 Å². The van der Waals surface area contributed by atoms with Crippen molar-refractivity contribution in [3.8, 4) is 11.5 Å². The molecule has 1 atom stereocenters. The minimum absolute atomic E-state index is 0.0770. The maximum Gasteiger partial charge on any atom is 0.345 e. The van der Waals surface area contributed by atoms with E-state index in [4.69, 9.17) is 18.6 Å². The van der Waals surface area contributed by atoms with Gasteiger partial charge in [-0.2, -0.15) is 5.10 Å². The highest BCUT2D eigenvalue weighted by Crippen LogP contribution is 2.35. The van der Waals surface area contributed by atoms with E-state index in [9.17, 15) is 19.7 Å². The molecule has 0 radical (unpaired) electrons. The lowest BCUT2D eigenvalue weighted by atomic mass is 10.0. The molecule has 0 spiro atoms. The molecule has 0 unspecified atom stereocenters. The number of methoxy groups -OCH3 is 2. The molecular formula is C25H23N3O8. The Morgan fingerprint density at radius 1 is 1.14 bits per heavy atom. The molecule has 0 N–H and O–H groups in total. The number of amides is 1. The first kappa shape index (κ1) is 24.5. The van der Waals surface area contributed by atoms with Gasteiger partial charge in [0.15, 0.2) is 18.1 Å². The van der Waals surface area contributed by atoms with Gasteiger partial charge in [-0.05, 0) is 24.6 Å². The molecule has 3 aromatic rings. The highest BCUT2D eigenvalue weighted by molar-refractivity contribution is 6.03. The fourth-order valence-electron chi connectivity index (χ4n) is 3.82. The van der Waals surface area contributed by atoms with E-state index in [-0.39, 0.29) is 17.1 Å². The number of hydrogen-bond acceptors (Lipinski definition) is 9. The minimum Gasteiger partial charge on any atom is -0.493 e. The Morgan fingerprint density at radius 3 is 2.44 bits per heavy atom. The van der Waals surface area contributed by atoms with E-state index in [1.165, 1.54) is 25.5 Å². The van der Waals surface area contributed by atoms with Gasteiger partial charge < -0.3 is 18.6 Å². The number of esters is 1. The number of hydrogen-bond donors (Lipinski definition) is 0. The summed E-state index contributed by atoms with van der Waals surface area (Å²) in [6, 6.07) is 12.8. The van der Waals surface area contributed by atoms with E-state index in [2.05, 4.69) is 5.10 Å². The zero-order chi connectivity index (χ0) is 25.8. The number of benzene rings is 2. The highest BCUT2D eigenvalue weighted by atomic mass is 16.6. The quantitative estimate of drug-likeness (QED) is 0.261. The molecule has 1 aromatic heterocycles. The minimum atomic E-state index is -1.06. The van der Waals surface area contributed by atoms with Crippen molar-refractivity contribution in [2.75, 3.05) is 20.8 Å². The Balaban J connectivity index is 1.56. The number of furan rings is 1. The third kappa shape index (κ3) is 4.90. The zero-order valence-corrected chi connectivity index (χ0v) is 19.8. The maximum absolute atomic E-state index is 13.1. The summed E-state index contributed by atoms with van der Waals surface area (Å²) in [5, 5.41) is 17.2. The molecule has 2 heterocycles. The average molecular weight is 493 g/mol. The fraction of sp³-hybridized carbons (Fsp3) is 0.240. The smallest absolute Gasteiger partial charge is 0.345 e. The van der Waals surface area contributed by atoms with Crippen molar-refractivity contribution in [1.82, 2.24) is 5.01 Å². The molecule has 36 heavy (non-hydrogen) atoms. The Kier molecular flexibility index (Phi) is 7.00. The summed E-state index contributed by atoms with van der Waals surface area (Å²) >= 11 is 0. The van der Waals surface area contributed by atoms with Crippen LogP contribution in [0.25, 0.3) is 0 Å². The first-order valence-electron chi connectivity index (χ1n) is 10.9. The summed E-state index contributed by atoms with van der Waals surface area (Å²) in [4.78, 5) is 36.6. The van der Waals surface area contributed by atoms with Gasteiger partial charge >= 0.3 is 5.97 Å². The SMILES string of the molecule is COc1cc(C(=O)OCC(=O)N2N=C(c3ccc(C)cc3)C[C@H]2c2ccco2)c([N+](=O)[O-])cc1OC.